The van der Waals surface area contributed by atoms with Crippen LogP contribution in [-0.4, -0.2) is 0 Å². The highest BCUT2D eigenvalue weighted by molar-refractivity contribution is 14.1. The zero-order chi connectivity index (χ0) is 10.1. The standard InChI is InChI=1S/C10H7F2IO/c11-9-4-2-6-1-3-7(14-13)5-8(6)10(9)12/h2,4-5H,1,3H2. The van der Waals surface area contributed by atoms with Crippen molar-refractivity contribution >= 4 is 29.1 Å². The Morgan fingerprint density at radius 1 is 1.21 bits per heavy atom. The maximum Gasteiger partial charge on any atom is 0.192 e. The molecular formula is C10H7F2IO. The lowest BCUT2D eigenvalue weighted by Gasteiger charge is -2.14. The van der Waals surface area contributed by atoms with E-state index in [9.17, 15) is 8.78 Å². The Kier molecular flexibility index (Phi) is 2.71. The number of halogens is 3. The summed E-state index contributed by atoms with van der Waals surface area (Å²) in [4.78, 5) is 0. The fraction of sp³-hybridized carbons (Fsp3) is 0.200. The number of hydrogen-bond donors (Lipinski definition) is 0. The van der Waals surface area contributed by atoms with Crippen molar-refractivity contribution in [1.29, 1.82) is 0 Å². The van der Waals surface area contributed by atoms with Gasteiger partial charge in [-0.05, 0) is 24.1 Å². The molecule has 0 saturated heterocycles. The molecule has 1 nitrogen and oxygen atoms in total. The first-order valence-electron chi connectivity index (χ1n) is 4.18. The van der Waals surface area contributed by atoms with Gasteiger partial charge in [-0.3, -0.25) is 0 Å². The molecule has 0 saturated carbocycles. The largest absolute Gasteiger partial charge is 0.432 e. The van der Waals surface area contributed by atoms with E-state index in [1.807, 2.05) is 0 Å². The van der Waals surface area contributed by atoms with Crippen LogP contribution in [0.3, 0.4) is 0 Å². The number of rotatable bonds is 1. The molecule has 1 aliphatic carbocycles. The topological polar surface area (TPSA) is 9.23 Å². The van der Waals surface area contributed by atoms with E-state index in [1.54, 1.807) is 35.1 Å². The van der Waals surface area contributed by atoms with Crippen molar-refractivity contribution in [2.75, 3.05) is 0 Å². The highest BCUT2D eigenvalue weighted by Gasteiger charge is 2.17. The van der Waals surface area contributed by atoms with Crippen molar-refractivity contribution in [3.63, 3.8) is 0 Å². The normalized spacial score (nSPS) is 14.6. The van der Waals surface area contributed by atoms with Crippen LogP contribution in [0.5, 0.6) is 0 Å². The molecule has 0 fully saturated rings. The lowest BCUT2D eigenvalue weighted by molar-refractivity contribution is 0.495. The molecule has 1 aromatic carbocycles. The van der Waals surface area contributed by atoms with Crippen molar-refractivity contribution in [3.05, 3.63) is 40.7 Å². The van der Waals surface area contributed by atoms with E-state index in [4.69, 9.17) is 3.07 Å². The molecule has 14 heavy (non-hydrogen) atoms. The molecule has 0 aromatic heterocycles. The fourth-order valence-corrected chi connectivity index (χ4v) is 1.88. The maximum absolute atomic E-state index is 13.3. The fourth-order valence-electron chi connectivity index (χ4n) is 1.53. The van der Waals surface area contributed by atoms with Gasteiger partial charge in [0.25, 0.3) is 0 Å². The van der Waals surface area contributed by atoms with Gasteiger partial charge in [-0.2, -0.15) is 0 Å². The molecular weight excluding hydrogens is 301 g/mol. The zero-order valence-electron chi connectivity index (χ0n) is 7.19. The summed E-state index contributed by atoms with van der Waals surface area (Å²) in [6.45, 7) is 0. The Balaban J connectivity index is 2.55. The first-order valence-corrected chi connectivity index (χ1v) is 5.06. The van der Waals surface area contributed by atoms with E-state index in [-0.39, 0.29) is 0 Å². The van der Waals surface area contributed by atoms with Crippen molar-refractivity contribution in [1.82, 2.24) is 0 Å². The molecule has 1 aromatic rings. The van der Waals surface area contributed by atoms with Gasteiger partial charge in [-0.25, -0.2) is 8.78 Å². The molecule has 0 bridgehead atoms. The summed E-state index contributed by atoms with van der Waals surface area (Å²) in [7, 11) is 0. The Hall–Kier alpha value is -0.650. The van der Waals surface area contributed by atoms with Crippen LogP contribution in [0.2, 0.25) is 0 Å². The minimum absolute atomic E-state index is 0.322. The molecule has 74 valence electrons. The third-order valence-electron chi connectivity index (χ3n) is 2.27. The first kappa shape index (κ1) is 9.89. The highest BCUT2D eigenvalue weighted by Crippen LogP contribution is 2.28. The summed E-state index contributed by atoms with van der Waals surface area (Å²) >= 11 is 1.74. The molecule has 0 aliphatic heterocycles. The monoisotopic (exact) mass is 308 g/mol. The lowest BCUT2D eigenvalue weighted by atomic mass is 9.96. The summed E-state index contributed by atoms with van der Waals surface area (Å²) in [6.07, 6.45) is 2.99. The number of hydrogen-bond acceptors (Lipinski definition) is 1. The average molecular weight is 308 g/mol. The van der Waals surface area contributed by atoms with E-state index in [0.717, 1.165) is 18.1 Å². The average Bonchev–Trinajstić information content (AvgIpc) is 2.23. The Morgan fingerprint density at radius 2 is 2.00 bits per heavy atom. The van der Waals surface area contributed by atoms with Crippen LogP contribution in [0.15, 0.2) is 17.9 Å². The van der Waals surface area contributed by atoms with Crippen LogP contribution >= 0.6 is 23.0 Å². The molecule has 0 unspecified atom stereocenters. The van der Waals surface area contributed by atoms with Gasteiger partial charge in [0.2, 0.25) is 0 Å². The predicted octanol–water partition coefficient (Wildman–Crippen LogP) is 3.62. The van der Waals surface area contributed by atoms with Gasteiger partial charge in [0, 0.05) is 12.0 Å². The van der Waals surface area contributed by atoms with Crippen molar-refractivity contribution < 1.29 is 11.8 Å². The second-order valence-corrected chi connectivity index (χ2v) is 3.56. The Labute approximate surface area is 94.5 Å². The van der Waals surface area contributed by atoms with E-state index >= 15 is 0 Å². The van der Waals surface area contributed by atoms with Gasteiger partial charge in [0.15, 0.2) is 34.6 Å². The number of allylic oxidation sites excluding steroid dienone is 1. The molecule has 0 N–H and O–H groups in total. The van der Waals surface area contributed by atoms with Gasteiger partial charge >= 0.3 is 0 Å². The Morgan fingerprint density at radius 3 is 2.71 bits per heavy atom. The number of aryl methyl sites for hydroxylation is 1. The van der Waals surface area contributed by atoms with Crippen LogP contribution in [0.4, 0.5) is 8.78 Å². The number of fused-ring (bicyclic) bond motifs is 1. The molecule has 1 aliphatic rings. The van der Waals surface area contributed by atoms with Gasteiger partial charge in [-0.15, -0.1) is 0 Å². The van der Waals surface area contributed by atoms with Crippen LogP contribution in [0, 0.1) is 11.6 Å². The molecule has 0 atom stereocenters. The minimum atomic E-state index is -0.810. The zero-order valence-corrected chi connectivity index (χ0v) is 9.35. The summed E-state index contributed by atoms with van der Waals surface area (Å²) in [6, 6.07) is 2.78. The quantitative estimate of drug-likeness (QED) is 0.720. The highest BCUT2D eigenvalue weighted by atomic mass is 127. The second kappa shape index (κ2) is 3.84. The van der Waals surface area contributed by atoms with Crippen LogP contribution in [-0.2, 0) is 9.49 Å². The van der Waals surface area contributed by atoms with Crippen LogP contribution in [0.1, 0.15) is 17.5 Å². The third kappa shape index (κ3) is 1.63. The van der Waals surface area contributed by atoms with Gasteiger partial charge in [0.05, 0.1) is 0 Å². The second-order valence-electron chi connectivity index (χ2n) is 3.12. The molecule has 2 rings (SSSR count). The van der Waals surface area contributed by atoms with Gasteiger partial charge < -0.3 is 3.07 Å². The molecule has 0 spiro atoms. The molecule has 4 heteroatoms. The van der Waals surface area contributed by atoms with Gasteiger partial charge in [0.1, 0.15) is 5.76 Å². The summed E-state index contributed by atoms with van der Waals surface area (Å²) in [5.41, 5.74) is 1.16. The number of benzene rings is 1. The molecule has 0 amide bonds. The summed E-state index contributed by atoms with van der Waals surface area (Å²) in [5.74, 6) is -0.912. The van der Waals surface area contributed by atoms with E-state index in [2.05, 4.69) is 0 Å². The van der Waals surface area contributed by atoms with Crippen molar-refractivity contribution in [3.8, 4) is 0 Å². The van der Waals surface area contributed by atoms with Crippen molar-refractivity contribution in [2.24, 2.45) is 0 Å². The summed E-state index contributed by atoms with van der Waals surface area (Å²) < 4.78 is 31.2. The minimum Gasteiger partial charge on any atom is -0.432 e. The lowest BCUT2D eigenvalue weighted by Crippen LogP contribution is -2.03. The SMILES string of the molecule is Fc1ccc2c(c1F)C=C(OI)CC2. The maximum atomic E-state index is 13.3. The van der Waals surface area contributed by atoms with Crippen LogP contribution < -0.4 is 0 Å². The molecule has 0 radical (unpaired) electrons. The van der Waals surface area contributed by atoms with Crippen LogP contribution in [0.25, 0.3) is 6.08 Å². The van der Waals surface area contributed by atoms with Gasteiger partial charge in [-0.1, -0.05) is 6.07 Å². The molecule has 0 heterocycles. The summed E-state index contributed by atoms with van der Waals surface area (Å²) in [5, 5.41) is 0. The third-order valence-corrected chi connectivity index (χ3v) is 2.83. The van der Waals surface area contributed by atoms with E-state index in [0.29, 0.717) is 17.7 Å². The Bertz CT molecular complexity index is 401. The van der Waals surface area contributed by atoms with Crippen molar-refractivity contribution in [2.45, 2.75) is 12.8 Å². The van der Waals surface area contributed by atoms with E-state index in [1.165, 1.54) is 0 Å². The predicted molar refractivity (Wildman–Crippen MR) is 57.8 cm³/mol. The van der Waals surface area contributed by atoms with E-state index < -0.39 is 11.6 Å². The smallest absolute Gasteiger partial charge is 0.192 e. The first-order chi connectivity index (χ1) is 6.72.